The van der Waals surface area contributed by atoms with Crippen LogP contribution in [0.15, 0.2) is 48.7 Å². The molecule has 170 valence electrons. The van der Waals surface area contributed by atoms with E-state index in [9.17, 15) is 4.79 Å². The Bertz CT molecular complexity index is 1180. The first-order valence-corrected chi connectivity index (χ1v) is 11.4. The molecule has 0 aliphatic carbocycles. The van der Waals surface area contributed by atoms with Crippen LogP contribution in [0.25, 0.3) is 11.1 Å². The number of amides is 1. The first-order chi connectivity index (χ1) is 16.0. The molecule has 1 saturated heterocycles. The minimum atomic E-state index is -0.271. The van der Waals surface area contributed by atoms with Gasteiger partial charge in [0.15, 0.2) is 0 Å². The van der Waals surface area contributed by atoms with Crippen molar-refractivity contribution >= 4 is 17.4 Å². The first-order valence-electron chi connectivity index (χ1n) is 11.4. The second-order valence-corrected chi connectivity index (χ2v) is 8.87. The number of hydrogen-bond donors (Lipinski definition) is 1. The molecule has 2 aliphatic heterocycles. The van der Waals surface area contributed by atoms with Crippen molar-refractivity contribution in [3.8, 4) is 11.1 Å². The molecule has 33 heavy (non-hydrogen) atoms. The highest BCUT2D eigenvalue weighted by atomic mass is 16.5. The fourth-order valence-electron chi connectivity index (χ4n) is 4.72. The van der Waals surface area contributed by atoms with Crippen molar-refractivity contribution in [1.82, 2.24) is 14.9 Å². The number of nitrogens with zero attached hydrogens (tertiary/aromatic N) is 4. The second kappa shape index (κ2) is 8.83. The molecule has 1 unspecified atom stereocenters. The van der Waals surface area contributed by atoms with Crippen molar-refractivity contribution in [1.29, 1.82) is 0 Å². The van der Waals surface area contributed by atoms with Gasteiger partial charge in [-0.1, -0.05) is 0 Å². The third kappa shape index (κ3) is 4.41. The van der Waals surface area contributed by atoms with E-state index in [2.05, 4.69) is 29.1 Å². The molecule has 2 aromatic heterocycles. The van der Waals surface area contributed by atoms with Crippen LogP contribution in [0.5, 0.6) is 0 Å². The Morgan fingerprint density at radius 2 is 2.00 bits per heavy atom. The highest BCUT2D eigenvalue weighted by Crippen LogP contribution is 2.30. The van der Waals surface area contributed by atoms with Crippen LogP contribution in [-0.4, -0.2) is 54.1 Å². The summed E-state index contributed by atoms with van der Waals surface area (Å²) in [7, 11) is 2.11. The first kappa shape index (κ1) is 21.4. The number of morpholine rings is 1. The number of fused-ring (bicyclic) bond motifs is 1. The van der Waals surface area contributed by atoms with Crippen LogP contribution in [0.4, 0.5) is 11.5 Å². The standard InChI is InChI=1S/C26H29N5O2/c1-17-12-21(20-6-8-25(27)28-15-20)14-22(29-17)24-16-31(10-11-33-24)26(32)19-5-7-23-18(13-19)4-3-9-30(23)2/h5-8,12-15,24H,3-4,9-11,16H2,1-2H3,(H2,27,28). The summed E-state index contributed by atoms with van der Waals surface area (Å²) in [5.41, 5.74) is 12.7. The fraction of sp³-hybridized carbons (Fsp3) is 0.346. The van der Waals surface area contributed by atoms with Gasteiger partial charge in [-0.25, -0.2) is 4.98 Å². The maximum Gasteiger partial charge on any atom is 0.254 e. The van der Waals surface area contributed by atoms with Crippen LogP contribution in [0.1, 0.15) is 39.8 Å². The van der Waals surface area contributed by atoms with E-state index >= 15 is 0 Å². The average Bonchev–Trinajstić information content (AvgIpc) is 2.83. The third-order valence-electron chi connectivity index (χ3n) is 6.45. The summed E-state index contributed by atoms with van der Waals surface area (Å²) in [6.07, 6.45) is 3.62. The molecule has 0 saturated carbocycles. The zero-order chi connectivity index (χ0) is 22.9. The minimum Gasteiger partial charge on any atom is -0.384 e. The van der Waals surface area contributed by atoms with Crippen molar-refractivity contribution in [2.75, 3.05) is 43.9 Å². The lowest BCUT2D eigenvalue weighted by molar-refractivity contribution is -0.0247. The Labute approximate surface area is 194 Å². The molecular formula is C26H29N5O2. The lowest BCUT2D eigenvalue weighted by Gasteiger charge is -2.33. The lowest BCUT2D eigenvalue weighted by Crippen LogP contribution is -2.42. The van der Waals surface area contributed by atoms with Gasteiger partial charge in [0.05, 0.1) is 18.8 Å². The molecule has 2 N–H and O–H groups in total. The molecule has 1 aromatic carbocycles. The Kier molecular flexibility index (Phi) is 5.72. The van der Waals surface area contributed by atoms with E-state index < -0.39 is 0 Å². The monoisotopic (exact) mass is 443 g/mol. The van der Waals surface area contributed by atoms with Crippen molar-refractivity contribution in [3.05, 3.63) is 71.2 Å². The van der Waals surface area contributed by atoms with Crippen molar-refractivity contribution in [3.63, 3.8) is 0 Å². The van der Waals surface area contributed by atoms with Crippen molar-refractivity contribution in [2.24, 2.45) is 0 Å². The van der Waals surface area contributed by atoms with Gasteiger partial charge >= 0.3 is 0 Å². The van der Waals surface area contributed by atoms with Gasteiger partial charge < -0.3 is 20.3 Å². The van der Waals surface area contributed by atoms with Gasteiger partial charge in [-0.15, -0.1) is 0 Å². The number of anilines is 2. The number of rotatable bonds is 3. The normalized spacial score (nSPS) is 18.2. The van der Waals surface area contributed by atoms with Gasteiger partial charge in [-0.3, -0.25) is 9.78 Å². The highest BCUT2D eigenvalue weighted by molar-refractivity contribution is 5.95. The number of hydrogen-bond acceptors (Lipinski definition) is 6. The quantitative estimate of drug-likeness (QED) is 0.665. The molecule has 5 rings (SSSR count). The van der Waals surface area contributed by atoms with Crippen molar-refractivity contribution in [2.45, 2.75) is 25.9 Å². The average molecular weight is 444 g/mol. The molecule has 3 aromatic rings. The van der Waals surface area contributed by atoms with Crippen LogP contribution in [-0.2, 0) is 11.2 Å². The summed E-state index contributed by atoms with van der Waals surface area (Å²) >= 11 is 0. The molecule has 1 atom stereocenters. The Morgan fingerprint density at radius 3 is 2.82 bits per heavy atom. The van der Waals surface area contributed by atoms with E-state index in [1.54, 1.807) is 12.3 Å². The largest absolute Gasteiger partial charge is 0.384 e. The van der Waals surface area contributed by atoms with Gasteiger partial charge in [0, 0.05) is 48.8 Å². The number of nitrogen functional groups attached to an aromatic ring is 1. The number of pyridine rings is 2. The van der Waals surface area contributed by atoms with Crippen LogP contribution < -0.4 is 10.6 Å². The molecule has 1 amide bonds. The summed E-state index contributed by atoms with van der Waals surface area (Å²) in [5, 5.41) is 0. The van der Waals surface area contributed by atoms with Gasteiger partial charge in [0.2, 0.25) is 0 Å². The number of ether oxygens (including phenoxy) is 1. The number of carbonyl (C=O) groups excluding carboxylic acids is 1. The SMILES string of the molecule is Cc1cc(-c2ccc(N)nc2)cc(C2CN(C(=O)c3ccc4c(c3)CCCN4C)CCO2)n1. The predicted molar refractivity (Wildman–Crippen MR) is 129 cm³/mol. The fourth-order valence-corrected chi connectivity index (χ4v) is 4.72. The molecular weight excluding hydrogens is 414 g/mol. The van der Waals surface area contributed by atoms with E-state index in [0.29, 0.717) is 25.5 Å². The van der Waals surface area contributed by atoms with E-state index in [4.69, 9.17) is 15.5 Å². The minimum absolute atomic E-state index is 0.0509. The van der Waals surface area contributed by atoms with Gasteiger partial charge in [0.25, 0.3) is 5.91 Å². The number of aromatic nitrogens is 2. The van der Waals surface area contributed by atoms with E-state index in [-0.39, 0.29) is 12.0 Å². The zero-order valence-electron chi connectivity index (χ0n) is 19.1. The second-order valence-electron chi connectivity index (χ2n) is 8.87. The lowest BCUT2D eigenvalue weighted by atomic mass is 9.99. The third-order valence-corrected chi connectivity index (χ3v) is 6.45. The number of aryl methyl sites for hydroxylation is 2. The van der Waals surface area contributed by atoms with Crippen LogP contribution in [0, 0.1) is 6.92 Å². The summed E-state index contributed by atoms with van der Waals surface area (Å²) in [4.78, 5) is 26.4. The zero-order valence-corrected chi connectivity index (χ0v) is 19.1. The molecule has 1 fully saturated rings. The maximum atomic E-state index is 13.3. The Hall–Kier alpha value is -3.45. The highest BCUT2D eigenvalue weighted by Gasteiger charge is 2.28. The summed E-state index contributed by atoms with van der Waals surface area (Å²) in [5.74, 6) is 0.540. The van der Waals surface area contributed by atoms with Gasteiger partial charge in [-0.05, 0) is 73.4 Å². The van der Waals surface area contributed by atoms with Gasteiger partial charge in [-0.2, -0.15) is 0 Å². The Balaban J connectivity index is 1.37. The number of carbonyl (C=O) groups is 1. The maximum absolute atomic E-state index is 13.3. The smallest absolute Gasteiger partial charge is 0.254 e. The molecule has 2 aliphatic rings. The molecule has 7 heteroatoms. The molecule has 0 radical (unpaired) electrons. The number of benzene rings is 1. The molecule has 0 spiro atoms. The van der Waals surface area contributed by atoms with Gasteiger partial charge in [0.1, 0.15) is 11.9 Å². The van der Waals surface area contributed by atoms with Crippen LogP contribution >= 0.6 is 0 Å². The summed E-state index contributed by atoms with van der Waals surface area (Å²) < 4.78 is 6.05. The van der Waals surface area contributed by atoms with Crippen LogP contribution in [0.3, 0.4) is 0 Å². The van der Waals surface area contributed by atoms with E-state index in [0.717, 1.165) is 47.5 Å². The molecule has 4 heterocycles. The topological polar surface area (TPSA) is 84.6 Å². The van der Waals surface area contributed by atoms with Crippen LogP contribution in [0.2, 0.25) is 0 Å². The summed E-state index contributed by atoms with van der Waals surface area (Å²) in [6, 6.07) is 13.9. The summed E-state index contributed by atoms with van der Waals surface area (Å²) in [6.45, 7) is 4.56. The van der Waals surface area contributed by atoms with E-state index in [1.165, 1.54) is 11.3 Å². The Morgan fingerprint density at radius 1 is 1.12 bits per heavy atom. The molecule has 0 bridgehead atoms. The predicted octanol–water partition coefficient (Wildman–Crippen LogP) is 3.63. The molecule has 7 nitrogen and oxygen atoms in total. The number of nitrogens with two attached hydrogens (primary N) is 1. The van der Waals surface area contributed by atoms with E-state index in [1.807, 2.05) is 36.1 Å². The van der Waals surface area contributed by atoms with Crippen molar-refractivity contribution < 1.29 is 9.53 Å².